The number of amides is 1. The fourth-order valence-corrected chi connectivity index (χ4v) is 3.54. The fraction of sp³-hybridized carbons (Fsp3) is 0.348. The molecule has 1 aromatic heterocycles. The van der Waals surface area contributed by atoms with Gasteiger partial charge in [0.25, 0.3) is 0 Å². The van der Waals surface area contributed by atoms with Gasteiger partial charge in [0.15, 0.2) is 0 Å². The molecular formula is C23H25ClN4O. The highest BCUT2D eigenvalue weighted by Gasteiger charge is 2.20. The Bertz CT molecular complexity index is 1010. The number of benzene rings is 2. The average molecular weight is 409 g/mol. The maximum Gasteiger partial charge on any atom is 0.227 e. The van der Waals surface area contributed by atoms with E-state index < -0.39 is 0 Å². The number of carbonyl (C=O) groups is 1. The van der Waals surface area contributed by atoms with Crippen molar-refractivity contribution in [3.8, 4) is 6.07 Å². The number of para-hydroxylation sites is 1. The molecule has 0 aliphatic carbocycles. The zero-order valence-corrected chi connectivity index (χ0v) is 17.4. The summed E-state index contributed by atoms with van der Waals surface area (Å²) in [6.07, 6.45) is 3.54. The van der Waals surface area contributed by atoms with E-state index in [9.17, 15) is 4.79 Å². The molecule has 3 rings (SSSR count). The van der Waals surface area contributed by atoms with Gasteiger partial charge in [0.2, 0.25) is 5.91 Å². The average Bonchev–Trinajstić information content (AvgIpc) is 3.07. The van der Waals surface area contributed by atoms with Gasteiger partial charge in [-0.25, -0.2) is 4.98 Å². The van der Waals surface area contributed by atoms with E-state index in [0.29, 0.717) is 31.0 Å². The molecule has 0 aliphatic heterocycles. The third-order valence-corrected chi connectivity index (χ3v) is 5.11. The van der Waals surface area contributed by atoms with Gasteiger partial charge in [0.1, 0.15) is 5.82 Å². The Hall–Kier alpha value is -2.84. The van der Waals surface area contributed by atoms with Crippen molar-refractivity contribution in [3.63, 3.8) is 0 Å². The van der Waals surface area contributed by atoms with Crippen molar-refractivity contribution in [2.45, 2.75) is 52.1 Å². The Morgan fingerprint density at radius 2 is 2.00 bits per heavy atom. The molecule has 29 heavy (non-hydrogen) atoms. The molecule has 0 bridgehead atoms. The summed E-state index contributed by atoms with van der Waals surface area (Å²) in [5.74, 6) is 0.889. The summed E-state index contributed by atoms with van der Waals surface area (Å²) in [6, 6.07) is 17.5. The Morgan fingerprint density at radius 1 is 1.21 bits per heavy atom. The lowest BCUT2D eigenvalue weighted by Crippen LogP contribution is -2.31. The van der Waals surface area contributed by atoms with Crippen LogP contribution in [0, 0.1) is 11.3 Å². The predicted molar refractivity (Wildman–Crippen MR) is 117 cm³/mol. The number of imidazole rings is 1. The van der Waals surface area contributed by atoms with Crippen molar-refractivity contribution in [2.75, 3.05) is 4.90 Å². The van der Waals surface area contributed by atoms with Crippen LogP contribution in [0.2, 0.25) is 5.02 Å². The van der Waals surface area contributed by atoms with Crippen molar-refractivity contribution < 1.29 is 4.79 Å². The summed E-state index contributed by atoms with van der Waals surface area (Å²) in [5, 5.41) is 9.55. The van der Waals surface area contributed by atoms with Crippen molar-refractivity contribution in [1.29, 1.82) is 5.26 Å². The van der Waals surface area contributed by atoms with Gasteiger partial charge < -0.3 is 9.47 Å². The van der Waals surface area contributed by atoms with Gasteiger partial charge in [-0.05, 0) is 43.2 Å². The molecule has 0 unspecified atom stereocenters. The first-order valence-corrected chi connectivity index (χ1v) is 10.4. The summed E-state index contributed by atoms with van der Waals surface area (Å²) < 4.78 is 2.10. The van der Waals surface area contributed by atoms with E-state index >= 15 is 0 Å². The molecule has 1 heterocycles. The van der Waals surface area contributed by atoms with Gasteiger partial charge >= 0.3 is 0 Å². The van der Waals surface area contributed by atoms with Crippen LogP contribution in [0.15, 0.2) is 48.5 Å². The zero-order valence-electron chi connectivity index (χ0n) is 16.6. The Morgan fingerprint density at radius 3 is 2.72 bits per heavy atom. The summed E-state index contributed by atoms with van der Waals surface area (Å²) in [6.45, 7) is 3.14. The lowest BCUT2D eigenvalue weighted by atomic mass is 10.2. The minimum atomic E-state index is 0.0895. The van der Waals surface area contributed by atoms with E-state index in [-0.39, 0.29) is 5.91 Å². The standard InChI is InChI=1S/C23H25ClN4O/c1-2-3-11-23(29)28(19-9-5-4-6-10-19)17-22-26-20-16-18(24)12-13-21(20)27(22)15-8-7-14-25/h4-6,9-10,12-13,16H,2-3,7-8,11,15,17H2,1H3. The topological polar surface area (TPSA) is 61.9 Å². The van der Waals surface area contributed by atoms with E-state index in [4.69, 9.17) is 21.8 Å². The van der Waals surface area contributed by atoms with Crippen molar-refractivity contribution in [3.05, 3.63) is 59.4 Å². The first-order chi connectivity index (χ1) is 14.1. The van der Waals surface area contributed by atoms with Crippen LogP contribution in [-0.2, 0) is 17.9 Å². The fourth-order valence-electron chi connectivity index (χ4n) is 3.38. The van der Waals surface area contributed by atoms with Crippen LogP contribution >= 0.6 is 11.6 Å². The number of aromatic nitrogens is 2. The molecule has 0 aliphatic rings. The normalized spacial score (nSPS) is 10.8. The Labute approximate surface area is 176 Å². The highest BCUT2D eigenvalue weighted by Crippen LogP contribution is 2.24. The molecule has 5 nitrogen and oxygen atoms in total. The van der Waals surface area contributed by atoms with Crippen LogP contribution in [0.5, 0.6) is 0 Å². The number of anilines is 1. The molecule has 2 aromatic carbocycles. The number of hydrogen-bond donors (Lipinski definition) is 0. The second-order valence-electron chi connectivity index (χ2n) is 6.99. The number of rotatable bonds is 9. The maximum absolute atomic E-state index is 13.0. The van der Waals surface area contributed by atoms with Crippen molar-refractivity contribution in [1.82, 2.24) is 9.55 Å². The maximum atomic E-state index is 13.0. The summed E-state index contributed by atoms with van der Waals surface area (Å²) in [7, 11) is 0. The predicted octanol–water partition coefficient (Wildman–Crippen LogP) is 5.72. The van der Waals surface area contributed by atoms with Gasteiger partial charge in [0, 0.05) is 30.1 Å². The number of nitrogens with zero attached hydrogens (tertiary/aromatic N) is 4. The first kappa shape index (κ1) is 20.9. The largest absolute Gasteiger partial charge is 0.326 e. The Balaban J connectivity index is 1.98. The lowest BCUT2D eigenvalue weighted by Gasteiger charge is -2.23. The number of fused-ring (bicyclic) bond motifs is 1. The molecule has 0 atom stereocenters. The van der Waals surface area contributed by atoms with E-state index in [1.54, 1.807) is 4.90 Å². The molecule has 6 heteroatoms. The number of halogens is 1. The molecule has 0 saturated carbocycles. The molecule has 0 saturated heterocycles. The van der Waals surface area contributed by atoms with Crippen LogP contribution in [0.25, 0.3) is 11.0 Å². The molecule has 150 valence electrons. The van der Waals surface area contributed by atoms with Gasteiger partial charge in [-0.2, -0.15) is 5.26 Å². The Kier molecular flexibility index (Phi) is 7.26. The second kappa shape index (κ2) is 10.1. The van der Waals surface area contributed by atoms with E-state index in [1.807, 2.05) is 48.5 Å². The summed E-state index contributed by atoms with van der Waals surface area (Å²) >= 11 is 6.16. The van der Waals surface area contributed by atoms with E-state index in [2.05, 4.69) is 17.6 Å². The third-order valence-electron chi connectivity index (χ3n) is 4.87. The minimum Gasteiger partial charge on any atom is -0.326 e. The third kappa shape index (κ3) is 5.16. The van der Waals surface area contributed by atoms with Crippen molar-refractivity contribution in [2.24, 2.45) is 0 Å². The second-order valence-corrected chi connectivity index (χ2v) is 7.43. The molecular weight excluding hydrogens is 384 g/mol. The van der Waals surface area contributed by atoms with Crippen LogP contribution in [0.1, 0.15) is 44.9 Å². The van der Waals surface area contributed by atoms with Crippen LogP contribution in [-0.4, -0.2) is 15.5 Å². The van der Waals surface area contributed by atoms with E-state index in [1.165, 1.54) is 0 Å². The van der Waals surface area contributed by atoms with Gasteiger partial charge in [-0.15, -0.1) is 0 Å². The molecule has 0 spiro atoms. The van der Waals surface area contributed by atoms with Crippen molar-refractivity contribution >= 4 is 34.2 Å². The summed E-state index contributed by atoms with van der Waals surface area (Å²) in [5.41, 5.74) is 2.64. The number of aryl methyl sites for hydroxylation is 1. The SMILES string of the molecule is CCCCC(=O)N(Cc1nc2cc(Cl)ccc2n1CCCC#N)c1ccccc1. The highest BCUT2D eigenvalue weighted by atomic mass is 35.5. The molecule has 0 radical (unpaired) electrons. The first-order valence-electron chi connectivity index (χ1n) is 10.0. The lowest BCUT2D eigenvalue weighted by molar-refractivity contribution is -0.118. The molecule has 3 aromatic rings. The monoisotopic (exact) mass is 408 g/mol. The minimum absolute atomic E-state index is 0.0895. The molecule has 1 amide bonds. The van der Waals surface area contributed by atoms with Crippen LogP contribution < -0.4 is 4.90 Å². The number of nitriles is 1. The zero-order chi connectivity index (χ0) is 20.6. The van der Waals surface area contributed by atoms with Gasteiger partial charge in [-0.3, -0.25) is 4.79 Å². The quantitative estimate of drug-likeness (QED) is 0.425. The number of unbranched alkanes of at least 4 members (excludes halogenated alkanes) is 2. The smallest absolute Gasteiger partial charge is 0.227 e. The highest BCUT2D eigenvalue weighted by molar-refractivity contribution is 6.31. The molecule has 0 N–H and O–H groups in total. The number of hydrogen-bond acceptors (Lipinski definition) is 3. The van der Waals surface area contributed by atoms with Gasteiger partial charge in [0.05, 0.1) is 23.6 Å². The van der Waals surface area contributed by atoms with Crippen LogP contribution in [0.3, 0.4) is 0 Å². The number of carbonyl (C=O) groups excluding carboxylic acids is 1. The van der Waals surface area contributed by atoms with E-state index in [0.717, 1.165) is 41.8 Å². The summed E-state index contributed by atoms with van der Waals surface area (Å²) in [4.78, 5) is 19.6. The van der Waals surface area contributed by atoms with Gasteiger partial charge in [-0.1, -0.05) is 43.1 Å². The van der Waals surface area contributed by atoms with Crippen LogP contribution in [0.4, 0.5) is 5.69 Å². The molecule has 0 fully saturated rings.